The summed E-state index contributed by atoms with van der Waals surface area (Å²) in [5.74, 6) is 0. The maximum Gasteiger partial charge on any atom is 0.0447 e. The van der Waals surface area contributed by atoms with E-state index in [0.717, 1.165) is 25.8 Å². The number of aryl methyl sites for hydroxylation is 1. The molecule has 96 valence electrons. The molecule has 3 heteroatoms. The Morgan fingerprint density at radius 2 is 2.00 bits per heavy atom. The lowest BCUT2D eigenvalue weighted by atomic mass is 10.0. The van der Waals surface area contributed by atoms with Crippen molar-refractivity contribution in [2.24, 2.45) is 5.73 Å². The van der Waals surface area contributed by atoms with Gasteiger partial charge in [0.1, 0.15) is 0 Å². The molecule has 0 aromatic heterocycles. The van der Waals surface area contributed by atoms with E-state index in [1.165, 1.54) is 11.1 Å². The van der Waals surface area contributed by atoms with Crippen LogP contribution in [0.15, 0.2) is 24.3 Å². The minimum absolute atomic E-state index is 0.241. The van der Waals surface area contributed by atoms with Gasteiger partial charge in [0.25, 0.3) is 0 Å². The number of rotatable bonds is 8. The highest BCUT2D eigenvalue weighted by atomic mass is 16.2. The molecule has 17 heavy (non-hydrogen) atoms. The summed E-state index contributed by atoms with van der Waals surface area (Å²) in [5, 5.41) is 12.2. The van der Waals surface area contributed by atoms with Crippen molar-refractivity contribution in [3.05, 3.63) is 35.4 Å². The van der Waals surface area contributed by atoms with Crippen LogP contribution >= 0.6 is 0 Å². The fraction of sp³-hybridized carbons (Fsp3) is 0.571. The summed E-state index contributed by atoms with van der Waals surface area (Å²) in [6.07, 6.45) is 3.04. The van der Waals surface area contributed by atoms with E-state index in [-0.39, 0.29) is 12.6 Å². The van der Waals surface area contributed by atoms with E-state index >= 15 is 0 Å². The lowest BCUT2D eigenvalue weighted by Crippen LogP contribution is -2.29. The first-order chi connectivity index (χ1) is 8.29. The van der Waals surface area contributed by atoms with Gasteiger partial charge in [-0.1, -0.05) is 24.3 Å². The minimum Gasteiger partial charge on any atom is -0.396 e. The zero-order valence-corrected chi connectivity index (χ0v) is 10.7. The maximum atomic E-state index is 8.69. The summed E-state index contributed by atoms with van der Waals surface area (Å²) in [5.41, 5.74) is 8.38. The van der Waals surface area contributed by atoms with E-state index in [2.05, 4.69) is 30.4 Å². The third-order valence-electron chi connectivity index (χ3n) is 3.03. The monoisotopic (exact) mass is 236 g/mol. The van der Waals surface area contributed by atoms with Crippen molar-refractivity contribution >= 4 is 0 Å². The van der Waals surface area contributed by atoms with Crippen molar-refractivity contribution < 1.29 is 5.11 Å². The topological polar surface area (TPSA) is 58.3 Å². The number of hydrogen-bond donors (Lipinski definition) is 3. The van der Waals surface area contributed by atoms with Gasteiger partial charge in [-0.3, -0.25) is 0 Å². The molecule has 1 aromatic carbocycles. The molecule has 1 atom stereocenters. The van der Waals surface area contributed by atoms with Crippen LogP contribution in [0.3, 0.4) is 0 Å². The van der Waals surface area contributed by atoms with Crippen molar-refractivity contribution in [3.63, 3.8) is 0 Å². The number of benzene rings is 1. The van der Waals surface area contributed by atoms with Crippen LogP contribution in [0, 0.1) is 6.92 Å². The zero-order valence-electron chi connectivity index (χ0n) is 10.7. The summed E-state index contributed by atoms with van der Waals surface area (Å²) >= 11 is 0. The van der Waals surface area contributed by atoms with Gasteiger partial charge in [0.05, 0.1) is 0 Å². The first-order valence-electron chi connectivity index (χ1n) is 6.39. The Balaban J connectivity index is 2.41. The highest BCUT2D eigenvalue weighted by Gasteiger charge is 2.10. The maximum absolute atomic E-state index is 8.69. The summed E-state index contributed by atoms with van der Waals surface area (Å²) in [6.45, 7) is 3.98. The lowest BCUT2D eigenvalue weighted by molar-refractivity contribution is 0.282. The summed E-state index contributed by atoms with van der Waals surface area (Å²) < 4.78 is 0. The molecular formula is C14H24N2O. The van der Waals surface area contributed by atoms with Crippen LogP contribution in [0.5, 0.6) is 0 Å². The molecule has 0 saturated carbocycles. The van der Waals surface area contributed by atoms with Crippen LogP contribution in [0.2, 0.25) is 0 Å². The van der Waals surface area contributed by atoms with Crippen molar-refractivity contribution in [3.8, 4) is 0 Å². The van der Waals surface area contributed by atoms with Crippen molar-refractivity contribution in [1.29, 1.82) is 0 Å². The van der Waals surface area contributed by atoms with Crippen LogP contribution in [0.25, 0.3) is 0 Å². The largest absolute Gasteiger partial charge is 0.396 e. The van der Waals surface area contributed by atoms with Crippen LogP contribution < -0.4 is 11.1 Å². The number of unbranched alkanes of at least 4 members (excludes halogenated alkanes) is 2. The van der Waals surface area contributed by atoms with Gasteiger partial charge in [0.15, 0.2) is 0 Å². The van der Waals surface area contributed by atoms with E-state index < -0.39 is 0 Å². The average Bonchev–Trinajstić information content (AvgIpc) is 2.35. The molecule has 1 aromatic rings. The van der Waals surface area contributed by atoms with E-state index in [0.29, 0.717) is 6.54 Å². The summed E-state index contributed by atoms with van der Waals surface area (Å²) in [7, 11) is 0. The van der Waals surface area contributed by atoms with Gasteiger partial charge >= 0.3 is 0 Å². The number of aliphatic hydroxyl groups is 1. The Labute approximate surface area is 104 Å². The third kappa shape index (κ3) is 4.86. The molecule has 0 fully saturated rings. The number of nitrogens with one attached hydrogen (secondary N) is 1. The molecule has 0 bridgehead atoms. The highest BCUT2D eigenvalue weighted by molar-refractivity contribution is 5.28. The predicted molar refractivity (Wildman–Crippen MR) is 71.9 cm³/mol. The van der Waals surface area contributed by atoms with Gasteiger partial charge in [-0.05, 0) is 43.9 Å². The molecule has 0 aliphatic heterocycles. The molecule has 0 radical (unpaired) electrons. The van der Waals surface area contributed by atoms with Crippen LogP contribution in [0.1, 0.15) is 36.4 Å². The number of aliphatic hydroxyl groups excluding tert-OH is 1. The number of hydrogen-bond acceptors (Lipinski definition) is 3. The van der Waals surface area contributed by atoms with Crippen molar-refractivity contribution in [2.75, 3.05) is 19.7 Å². The molecular weight excluding hydrogens is 212 g/mol. The molecule has 0 aliphatic rings. The van der Waals surface area contributed by atoms with E-state index in [1.54, 1.807) is 0 Å². The summed E-state index contributed by atoms with van der Waals surface area (Å²) in [4.78, 5) is 0. The molecule has 0 amide bonds. The Bertz CT molecular complexity index is 315. The third-order valence-corrected chi connectivity index (χ3v) is 3.03. The standard InChI is InChI=1S/C14H24N2O/c1-12-7-3-4-8-13(12)14(11-15)16-9-5-2-6-10-17/h3-4,7-8,14,16-17H,2,5-6,9-11,15H2,1H3. The van der Waals surface area contributed by atoms with Gasteiger partial charge in [0.2, 0.25) is 0 Å². The van der Waals surface area contributed by atoms with Gasteiger partial charge < -0.3 is 16.2 Å². The fourth-order valence-corrected chi connectivity index (χ4v) is 1.99. The first-order valence-corrected chi connectivity index (χ1v) is 6.39. The highest BCUT2D eigenvalue weighted by Crippen LogP contribution is 2.16. The Morgan fingerprint density at radius 1 is 1.24 bits per heavy atom. The van der Waals surface area contributed by atoms with Gasteiger partial charge in [-0.2, -0.15) is 0 Å². The van der Waals surface area contributed by atoms with Gasteiger partial charge in [-0.25, -0.2) is 0 Å². The second kappa shape index (κ2) is 8.23. The molecule has 0 aliphatic carbocycles. The normalized spacial score (nSPS) is 12.6. The smallest absolute Gasteiger partial charge is 0.0447 e. The second-order valence-corrected chi connectivity index (χ2v) is 4.38. The summed E-state index contributed by atoms with van der Waals surface area (Å²) in [6, 6.07) is 8.59. The molecule has 0 heterocycles. The van der Waals surface area contributed by atoms with E-state index in [4.69, 9.17) is 10.8 Å². The van der Waals surface area contributed by atoms with Crippen LogP contribution in [0.4, 0.5) is 0 Å². The zero-order chi connectivity index (χ0) is 12.5. The molecule has 4 N–H and O–H groups in total. The average molecular weight is 236 g/mol. The predicted octanol–water partition coefficient (Wildman–Crippen LogP) is 1.75. The van der Waals surface area contributed by atoms with Gasteiger partial charge in [-0.15, -0.1) is 0 Å². The van der Waals surface area contributed by atoms with Crippen molar-refractivity contribution in [2.45, 2.75) is 32.2 Å². The molecule has 0 spiro atoms. The molecule has 0 saturated heterocycles. The SMILES string of the molecule is Cc1ccccc1C(CN)NCCCCCO. The Kier molecular flexibility index (Phi) is 6.86. The van der Waals surface area contributed by atoms with Crippen LogP contribution in [-0.4, -0.2) is 24.8 Å². The first kappa shape index (κ1) is 14.2. The van der Waals surface area contributed by atoms with Crippen molar-refractivity contribution in [1.82, 2.24) is 5.32 Å². The van der Waals surface area contributed by atoms with Crippen LogP contribution in [-0.2, 0) is 0 Å². The Hall–Kier alpha value is -0.900. The second-order valence-electron chi connectivity index (χ2n) is 4.38. The molecule has 1 rings (SSSR count). The molecule has 1 unspecified atom stereocenters. The quantitative estimate of drug-likeness (QED) is 0.603. The lowest BCUT2D eigenvalue weighted by Gasteiger charge is -2.19. The van der Waals surface area contributed by atoms with E-state index in [1.807, 2.05) is 6.07 Å². The van der Waals surface area contributed by atoms with E-state index in [9.17, 15) is 0 Å². The fourth-order valence-electron chi connectivity index (χ4n) is 1.99. The Morgan fingerprint density at radius 3 is 2.65 bits per heavy atom. The number of nitrogens with two attached hydrogens (primary N) is 1. The molecule has 3 nitrogen and oxygen atoms in total. The minimum atomic E-state index is 0.241. The van der Waals surface area contributed by atoms with Gasteiger partial charge in [0, 0.05) is 19.2 Å².